The van der Waals surface area contributed by atoms with Crippen LogP contribution in [0.1, 0.15) is 0 Å². The van der Waals surface area contributed by atoms with Crippen molar-refractivity contribution in [2.24, 2.45) is 0 Å². The van der Waals surface area contributed by atoms with Gasteiger partial charge in [-0.3, -0.25) is 0 Å². The summed E-state index contributed by atoms with van der Waals surface area (Å²) in [6, 6.07) is 4.84. The average molecular weight is 359 g/mol. The number of thiazole rings is 1. The molecule has 0 atom stereocenters. The van der Waals surface area contributed by atoms with E-state index in [1.807, 2.05) is 6.26 Å². The molecule has 21 heavy (non-hydrogen) atoms. The maximum atomic E-state index is 12.2. The van der Waals surface area contributed by atoms with E-state index in [2.05, 4.69) is 9.97 Å². The zero-order valence-electron chi connectivity index (χ0n) is 10.6. The number of fused-ring (bicyclic) bond motifs is 1. The van der Waals surface area contributed by atoms with E-state index in [4.69, 9.17) is 28.9 Å². The van der Waals surface area contributed by atoms with E-state index >= 15 is 0 Å². The van der Waals surface area contributed by atoms with Gasteiger partial charge in [0, 0.05) is 0 Å². The van der Waals surface area contributed by atoms with Crippen molar-refractivity contribution in [3.63, 3.8) is 0 Å². The molecule has 0 bridgehead atoms. The Morgan fingerprint density at radius 3 is 2.71 bits per heavy atom. The predicted molar refractivity (Wildman–Crippen MR) is 89.2 cm³/mol. The first kappa shape index (κ1) is 14.6. The third-order valence-corrected chi connectivity index (χ3v) is 5.58. The Labute approximate surface area is 137 Å². The number of hydrogen-bond donors (Lipinski definition) is 1. The Hall–Kier alpha value is -1.28. The number of nitrogens with zero attached hydrogens (tertiary/aromatic N) is 3. The third kappa shape index (κ3) is 2.50. The van der Waals surface area contributed by atoms with Gasteiger partial charge in [0.05, 0.1) is 15.7 Å². The van der Waals surface area contributed by atoms with Crippen LogP contribution in [0.2, 0.25) is 10.0 Å². The van der Waals surface area contributed by atoms with Crippen LogP contribution >= 0.6 is 46.3 Å². The molecule has 2 heterocycles. The lowest BCUT2D eigenvalue weighted by Crippen LogP contribution is -2.23. The van der Waals surface area contributed by atoms with E-state index in [9.17, 15) is 4.79 Å². The standard InChI is InChI=1S/C12H8Cl2N4OS2/c1-20-12-17-10-8(21-12)9(15)18(11(19)16-10)5-2-3-6(13)7(14)4-5/h2-4H,15H2,1H3. The Bertz CT molecular complexity index is 906. The van der Waals surface area contributed by atoms with E-state index in [1.165, 1.54) is 27.7 Å². The molecule has 9 heteroatoms. The number of nitrogens with two attached hydrogens (primary N) is 1. The average Bonchev–Trinajstić information content (AvgIpc) is 2.86. The predicted octanol–water partition coefficient (Wildman–Crippen LogP) is 3.45. The van der Waals surface area contributed by atoms with Gasteiger partial charge < -0.3 is 5.73 Å². The molecular formula is C12H8Cl2N4OS2. The molecule has 0 radical (unpaired) electrons. The van der Waals surface area contributed by atoms with Crippen molar-refractivity contribution in [3.05, 3.63) is 38.7 Å². The molecule has 0 aliphatic rings. The first-order valence-electron chi connectivity index (χ1n) is 5.69. The Morgan fingerprint density at radius 1 is 1.29 bits per heavy atom. The lowest BCUT2D eigenvalue weighted by Gasteiger charge is -2.09. The fourth-order valence-electron chi connectivity index (χ4n) is 1.84. The van der Waals surface area contributed by atoms with Gasteiger partial charge in [-0.1, -0.05) is 35.0 Å². The van der Waals surface area contributed by atoms with E-state index in [-0.39, 0.29) is 0 Å². The number of hydrogen-bond acceptors (Lipinski definition) is 6. The van der Waals surface area contributed by atoms with Crippen LogP contribution in [0.3, 0.4) is 0 Å². The number of thioether (sulfide) groups is 1. The monoisotopic (exact) mass is 358 g/mol. The van der Waals surface area contributed by atoms with Crippen LogP contribution in [-0.2, 0) is 0 Å². The van der Waals surface area contributed by atoms with Crippen LogP contribution in [0, 0.1) is 0 Å². The highest BCUT2D eigenvalue weighted by molar-refractivity contribution is 8.00. The zero-order chi connectivity index (χ0) is 15.1. The summed E-state index contributed by atoms with van der Waals surface area (Å²) >= 11 is 14.8. The fraction of sp³-hybridized carbons (Fsp3) is 0.0833. The summed E-state index contributed by atoms with van der Waals surface area (Å²) < 4.78 is 2.77. The highest BCUT2D eigenvalue weighted by Gasteiger charge is 2.15. The van der Waals surface area contributed by atoms with Crippen LogP contribution in [0.25, 0.3) is 16.0 Å². The highest BCUT2D eigenvalue weighted by atomic mass is 35.5. The second-order valence-electron chi connectivity index (χ2n) is 4.05. The minimum Gasteiger partial charge on any atom is -0.383 e. The number of benzene rings is 1. The lowest BCUT2D eigenvalue weighted by molar-refractivity contribution is 0.945. The van der Waals surface area contributed by atoms with Gasteiger partial charge in [-0.2, -0.15) is 4.98 Å². The SMILES string of the molecule is CSc1nc2nc(=O)n(-c3ccc(Cl)c(Cl)c3)c(N)c2s1. The van der Waals surface area contributed by atoms with E-state index in [0.29, 0.717) is 31.9 Å². The molecule has 0 fully saturated rings. The zero-order valence-corrected chi connectivity index (χ0v) is 13.8. The molecule has 0 unspecified atom stereocenters. The molecule has 3 rings (SSSR count). The largest absolute Gasteiger partial charge is 0.383 e. The Balaban J connectivity index is 2.31. The molecule has 2 N–H and O–H groups in total. The van der Waals surface area contributed by atoms with Crippen molar-refractivity contribution < 1.29 is 0 Å². The van der Waals surface area contributed by atoms with E-state index in [0.717, 1.165) is 4.34 Å². The van der Waals surface area contributed by atoms with Gasteiger partial charge in [0.25, 0.3) is 0 Å². The molecule has 2 aromatic heterocycles. The smallest absolute Gasteiger partial charge is 0.355 e. The summed E-state index contributed by atoms with van der Waals surface area (Å²) in [5.41, 5.74) is 6.49. The molecule has 0 spiro atoms. The van der Waals surface area contributed by atoms with Gasteiger partial charge in [-0.05, 0) is 24.5 Å². The first-order valence-corrected chi connectivity index (χ1v) is 8.49. The molecule has 0 aliphatic carbocycles. The fourth-order valence-corrected chi connectivity index (χ4v) is 3.58. The maximum absolute atomic E-state index is 12.2. The van der Waals surface area contributed by atoms with Crippen LogP contribution in [0.5, 0.6) is 0 Å². The molecular weight excluding hydrogens is 351 g/mol. The third-order valence-electron chi connectivity index (χ3n) is 2.79. The number of aromatic nitrogens is 3. The van der Waals surface area contributed by atoms with Gasteiger partial charge in [-0.25, -0.2) is 14.3 Å². The molecule has 0 saturated carbocycles. The Morgan fingerprint density at radius 2 is 2.05 bits per heavy atom. The highest BCUT2D eigenvalue weighted by Crippen LogP contribution is 2.31. The molecule has 0 amide bonds. The van der Waals surface area contributed by atoms with Crippen LogP contribution in [-0.4, -0.2) is 20.8 Å². The Kier molecular flexibility index (Phi) is 3.83. The molecule has 108 valence electrons. The summed E-state index contributed by atoms with van der Waals surface area (Å²) in [6.45, 7) is 0. The summed E-state index contributed by atoms with van der Waals surface area (Å²) in [6.07, 6.45) is 1.90. The van der Waals surface area contributed by atoms with Crippen molar-refractivity contribution >= 4 is 62.5 Å². The van der Waals surface area contributed by atoms with Crippen LogP contribution < -0.4 is 11.4 Å². The normalized spacial score (nSPS) is 11.2. The van der Waals surface area contributed by atoms with Gasteiger partial charge >= 0.3 is 5.69 Å². The summed E-state index contributed by atoms with van der Waals surface area (Å²) in [5.74, 6) is 0.293. The van der Waals surface area contributed by atoms with Gasteiger partial charge in [0.1, 0.15) is 10.5 Å². The topological polar surface area (TPSA) is 73.8 Å². The molecule has 0 saturated heterocycles. The molecule has 0 aliphatic heterocycles. The number of nitrogen functional groups attached to an aromatic ring is 1. The number of halogens is 2. The molecule has 1 aromatic carbocycles. The van der Waals surface area contributed by atoms with E-state index in [1.54, 1.807) is 18.2 Å². The number of anilines is 1. The number of rotatable bonds is 2. The van der Waals surface area contributed by atoms with Crippen molar-refractivity contribution in [1.29, 1.82) is 0 Å². The molecule has 5 nitrogen and oxygen atoms in total. The van der Waals surface area contributed by atoms with Crippen molar-refractivity contribution in [2.75, 3.05) is 12.0 Å². The lowest BCUT2D eigenvalue weighted by atomic mass is 10.3. The maximum Gasteiger partial charge on any atom is 0.355 e. The summed E-state index contributed by atoms with van der Waals surface area (Å²) in [7, 11) is 0. The summed E-state index contributed by atoms with van der Waals surface area (Å²) in [4.78, 5) is 20.4. The second-order valence-corrected chi connectivity index (χ2v) is 6.92. The minimum atomic E-state index is -0.503. The van der Waals surface area contributed by atoms with Gasteiger partial charge in [0.2, 0.25) is 0 Å². The van der Waals surface area contributed by atoms with Crippen molar-refractivity contribution in [1.82, 2.24) is 14.5 Å². The van der Waals surface area contributed by atoms with E-state index < -0.39 is 5.69 Å². The quantitative estimate of drug-likeness (QED) is 0.710. The van der Waals surface area contributed by atoms with Crippen molar-refractivity contribution in [2.45, 2.75) is 4.34 Å². The minimum absolute atomic E-state index is 0.293. The molecule has 3 aromatic rings. The van der Waals surface area contributed by atoms with Gasteiger partial charge in [0.15, 0.2) is 9.99 Å². The van der Waals surface area contributed by atoms with Crippen LogP contribution in [0.15, 0.2) is 27.3 Å². The summed E-state index contributed by atoms with van der Waals surface area (Å²) in [5, 5.41) is 0.748. The second kappa shape index (κ2) is 5.49. The first-order chi connectivity index (χ1) is 10.0. The van der Waals surface area contributed by atoms with Crippen molar-refractivity contribution in [3.8, 4) is 5.69 Å². The van der Waals surface area contributed by atoms with Gasteiger partial charge in [-0.15, -0.1) is 11.3 Å². The van der Waals surface area contributed by atoms with Crippen LogP contribution in [0.4, 0.5) is 5.82 Å².